The summed E-state index contributed by atoms with van der Waals surface area (Å²) in [5.41, 5.74) is 5.30. The van der Waals surface area contributed by atoms with Gasteiger partial charge >= 0.3 is 0 Å². The van der Waals surface area contributed by atoms with Crippen molar-refractivity contribution in [3.8, 4) is 0 Å². The van der Waals surface area contributed by atoms with Crippen molar-refractivity contribution in [3.63, 3.8) is 0 Å². The lowest BCUT2D eigenvalue weighted by atomic mass is 9.88. The molecule has 0 aliphatic heterocycles. The Labute approximate surface area is 180 Å². The molecule has 0 heterocycles. The van der Waals surface area contributed by atoms with Gasteiger partial charge in [-0.1, -0.05) is 37.3 Å². The van der Waals surface area contributed by atoms with Crippen LogP contribution >= 0.6 is 0 Å². The van der Waals surface area contributed by atoms with Crippen LogP contribution in [0.15, 0.2) is 42.5 Å². The van der Waals surface area contributed by atoms with E-state index in [1.165, 1.54) is 28.3 Å². The van der Waals surface area contributed by atoms with Crippen LogP contribution in [0, 0.1) is 6.92 Å². The van der Waals surface area contributed by atoms with Crippen LogP contribution in [-0.2, 0) is 27.7 Å². The molecule has 3 rings (SSSR count). The summed E-state index contributed by atoms with van der Waals surface area (Å²) in [7, 11) is -3.63. The predicted octanol–water partition coefficient (Wildman–Crippen LogP) is 4.30. The molecule has 0 aromatic heterocycles. The first-order valence-electron chi connectivity index (χ1n) is 10.7. The SMILES string of the molecule is CC[C@H](NC(=O)[C@@H](C)N(c1cccc(C)c1)S(C)(=O)=O)c1ccc2c(c1)CCCC2. The highest BCUT2D eigenvalue weighted by Gasteiger charge is 2.30. The first kappa shape index (κ1) is 22.3. The van der Waals surface area contributed by atoms with Crippen LogP contribution in [0.5, 0.6) is 0 Å². The minimum Gasteiger partial charge on any atom is -0.347 e. The second kappa shape index (κ2) is 9.21. The van der Waals surface area contributed by atoms with E-state index in [2.05, 4.69) is 23.5 Å². The van der Waals surface area contributed by atoms with Crippen LogP contribution in [0.3, 0.4) is 0 Å². The molecule has 1 aliphatic carbocycles. The van der Waals surface area contributed by atoms with E-state index in [9.17, 15) is 13.2 Å². The molecule has 1 aliphatic rings. The zero-order chi connectivity index (χ0) is 21.9. The van der Waals surface area contributed by atoms with Crippen molar-refractivity contribution in [2.24, 2.45) is 0 Å². The number of nitrogens with one attached hydrogen (secondary N) is 1. The van der Waals surface area contributed by atoms with E-state index in [1.54, 1.807) is 25.1 Å². The molecular formula is C24H32N2O3S. The standard InChI is InChI=1S/C24H32N2O3S/c1-5-23(21-14-13-19-10-6-7-11-20(19)16-21)25-24(27)18(3)26(30(4,28)29)22-12-8-9-17(2)15-22/h8-9,12-16,18,23H,5-7,10-11H2,1-4H3,(H,25,27)/t18-,23+/m1/s1. The van der Waals surface area contributed by atoms with Gasteiger partial charge in [-0.2, -0.15) is 0 Å². The summed E-state index contributed by atoms with van der Waals surface area (Å²) in [6.45, 7) is 5.57. The molecule has 0 saturated carbocycles. The number of aryl methyl sites for hydroxylation is 3. The fourth-order valence-corrected chi connectivity index (χ4v) is 5.42. The maximum absolute atomic E-state index is 13.1. The summed E-state index contributed by atoms with van der Waals surface area (Å²) in [5, 5.41) is 3.08. The van der Waals surface area contributed by atoms with Gasteiger partial charge in [0.15, 0.2) is 0 Å². The Bertz CT molecular complexity index is 1020. The van der Waals surface area contributed by atoms with Gasteiger partial charge in [0.05, 0.1) is 18.0 Å². The number of fused-ring (bicyclic) bond motifs is 1. The minimum atomic E-state index is -3.63. The van der Waals surface area contributed by atoms with Crippen molar-refractivity contribution in [1.29, 1.82) is 0 Å². The van der Waals surface area contributed by atoms with Gasteiger partial charge in [-0.25, -0.2) is 8.42 Å². The molecule has 0 radical (unpaired) electrons. The molecule has 1 N–H and O–H groups in total. The van der Waals surface area contributed by atoms with E-state index in [1.807, 2.05) is 19.9 Å². The molecule has 30 heavy (non-hydrogen) atoms. The summed E-state index contributed by atoms with van der Waals surface area (Å²) >= 11 is 0. The molecule has 6 heteroatoms. The first-order chi connectivity index (χ1) is 14.2. The van der Waals surface area contributed by atoms with Gasteiger partial charge in [0.1, 0.15) is 6.04 Å². The summed E-state index contributed by atoms with van der Waals surface area (Å²) in [5.74, 6) is -0.300. The number of hydrogen-bond acceptors (Lipinski definition) is 3. The fourth-order valence-electron chi connectivity index (χ4n) is 4.26. The average molecular weight is 429 g/mol. The topological polar surface area (TPSA) is 66.5 Å². The van der Waals surface area contributed by atoms with E-state index in [4.69, 9.17) is 0 Å². The van der Waals surface area contributed by atoms with E-state index >= 15 is 0 Å². The van der Waals surface area contributed by atoms with Gasteiger partial charge in [-0.05, 0) is 80.3 Å². The lowest BCUT2D eigenvalue weighted by molar-refractivity contribution is -0.122. The summed E-state index contributed by atoms with van der Waals surface area (Å²) in [6, 6.07) is 12.7. The number of carbonyl (C=O) groups is 1. The number of amides is 1. The number of nitrogens with zero attached hydrogens (tertiary/aromatic N) is 1. The third-order valence-corrected chi connectivity index (χ3v) is 7.09. The number of carbonyl (C=O) groups excluding carboxylic acids is 1. The van der Waals surface area contributed by atoms with Crippen molar-refractivity contribution in [1.82, 2.24) is 5.32 Å². The van der Waals surface area contributed by atoms with E-state index in [0.29, 0.717) is 5.69 Å². The number of benzene rings is 2. The number of sulfonamides is 1. The number of anilines is 1. The first-order valence-corrected chi connectivity index (χ1v) is 12.5. The third-order valence-electron chi connectivity index (χ3n) is 5.84. The maximum Gasteiger partial charge on any atom is 0.244 e. The second-order valence-electron chi connectivity index (χ2n) is 8.28. The molecule has 1 amide bonds. The van der Waals surface area contributed by atoms with Gasteiger partial charge in [0, 0.05) is 0 Å². The molecule has 162 valence electrons. The van der Waals surface area contributed by atoms with E-state index in [0.717, 1.165) is 36.6 Å². The van der Waals surface area contributed by atoms with Crippen molar-refractivity contribution in [2.75, 3.05) is 10.6 Å². The molecule has 2 aromatic carbocycles. The second-order valence-corrected chi connectivity index (χ2v) is 10.1. The highest BCUT2D eigenvalue weighted by molar-refractivity contribution is 7.92. The third kappa shape index (κ3) is 5.04. The van der Waals surface area contributed by atoms with Gasteiger partial charge in [-0.3, -0.25) is 9.10 Å². The molecule has 5 nitrogen and oxygen atoms in total. The molecule has 2 atom stereocenters. The van der Waals surface area contributed by atoms with Gasteiger partial charge in [0.25, 0.3) is 0 Å². The summed E-state index contributed by atoms with van der Waals surface area (Å²) < 4.78 is 26.2. The largest absolute Gasteiger partial charge is 0.347 e. The molecule has 2 aromatic rings. The Balaban J connectivity index is 1.83. The molecule has 0 bridgehead atoms. The number of rotatable bonds is 7. The minimum absolute atomic E-state index is 0.147. The average Bonchev–Trinajstić information content (AvgIpc) is 2.70. The van der Waals surface area contributed by atoms with Crippen molar-refractivity contribution < 1.29 is 13.2 Å². The fraction of sp³-hybridized carbons (Fsp3) is 0.458. The van der Waals surface area contributed by atoms with Crippen molar-refractivity contribution in [2.45, 2.75) is 65.0 Å². The zero-order valence-electron chi connectivity index (χ0n) is 18.3. The van der Waals surface area contributed by atoms with E-state index < -0.39 is 16.1 Å². The van der Waals surface area contributed by atoms with Gasteiger partial charge < -0.3 is 5.32 Å². The summed E-state index contributed by atoms with van der Waals surface area (Å²) in [4.78, 5) is 13.1. The van der Waals surface area contributed by atoms with Gasteiger partial charge in [0.2, 0.25) is 15.9 Å². The number of hydrogen-bond donors (Lipinski definition) is 1. The van der Waals surface area contributed by atoms with Gasteiger partial charge in [-0.15, -0.1) is 0 Å². The van der Waals surface area contributed by atoms with Crippen LogP contribution in [0.1, 0.15) is 61.4 Å². The van der Waals surface area contributed by atoms with Crippen molar-refractivity contribution in [3.05, 3.63) is 64.7 Å². The quantitative estimate of drug-likeness (QED) is 0.715. The van der Waals surface area contributed by atoms with Crippen LogP contribution in [0.4, 0.5) is 5.69 Å². The Kier molecular flexibility index (Phi) is 6.86. The molecule has 0 spiro atoms. The van der Waals surface area contributed by atoms with Crippen LogP contribution in [0.25, 0.3) is 0 Å². The molecule has 0 saturated heterocycles. The van der Waals surface area contributed by atoms with E-state index in [-0.39, 0.29) is 11.9 Å². The smallest absolute Gasteiger partial charge is 0.244 e. The zero-order valence-corrected chi connectivity index (χ0v) is 19.1. The van der Waals surface area contributed by atoms with Crippen LogP contribution < -0.4 is 9.62 Å². The lowest BCUT2D eigenvalue weighted by Crippen LogP contribution is -2.48. The predicted molar refractivity (Wildman–Crippen MR) is 122 cm³/mol. The molecular weight excluding hydrogens is 396 g/mol. The van der Waals surface area contributed by atoms with Crippen molar-refractivity contribution >= 4 is 21.6 Å². The summed E-state index contributed by atoms with van der Waals surface area (Å²) in [6.07, 6.45) is 6.52. The Morgan fingerprint density at radius 3 is 2.43 bits per heavy atom. The van der Waals surface area contributed by atoms with Crippen LogP contribution in [-0.4, -0.2) is 26.6 Å². The normalized spacial score (nSPS) is 15.7. The monoisotopic (exact) mass is 428 g/mol. The molecule has 0 fully saturated rings. The Hall–Kier alpha value is -2.34. The Morgan fingerprint density at radius 2 is 1.80 bits per heavy atom. The van der Waals surface area contributed by atoms with Crippen LogP contribution in [0.2, 0.25) is 0 Å². The molecule has 0 unspecified atom stereocenters. The lowest BCUT2D eigenvalue weighted by Gasteiger charge is -2.30. The highest BCUT2D eigenvalue weighted by Crippen LogP contribution is 2.27. The maximum atomic E-state index is 13.1. The Morgan fingerprint density at radius 1 is 1.10 bits per heavy atom. The highest BCUT2D eigenvalue weighted by atomic mass is 32.2.